The first-order valence-corrected chi connectivity index (χ1v) is 12.6. The first-order chi connectivity index (χ1) is 17.5. The van der Waals surface area contributed by atoms with Gasteiger partial charge in [-0.1, -0.05) is 30.3 Å². The van der Waals surface area contributed by atoms with E-state index < -0.39 is 0 Å². The molecular formula is C29H30N6O. The van der Waals surface area contributed by atoms with Crippen LogP contribution in [0.15, 0.2) is 54.9 Å². The molecule has 1 aliphatic heterocycles. The van der Waals surface area contributed by atoms with E-state index >= 15 is 0 Å². The number of nitriles is 1. The van der Waals surface area contributed by atoms with Crippen LogP contribution in [0.25, 0.3) is 28.0 Å². The Labute approximate surface area is 211 Å². The lowest BCUT2D eigenvalue weighted by Crippen LogP contribution is -2.43. The number of aliphatic hydroxyl groups is 1. The quantitative estimate of drug-likeness (QED) is 0.479. The van der Waals surface area contributed by atoms with Crippen LogP contribution in [-0.2, 0) is 12.8 Å². The van der Waals surface area contributed by atoms with Crippen LogP contribution in [0.3, 0.4) is 0 Å². The number of aliphatic hydroxyl groups excluding tert-OH is 1. The highest BCUT2D eigenvalue weighted by Crippen LogP contribution is 2.38. The van der Waals surface area contributed by atoms with Gasteiger partial charge in [0.2, 0.25) is 5.95 Å². The van der Waals surface area contributed by atoms with Crippen LogP contribution >= 0.6 is 0 Å². The fraction of sp³-hybridized carbons (Fsp3) is 0.345. The monoisotopic (exact) mass is 478 g/mol. The number of piperidine rings is 1. The minimum Gasteiger partial charge on any atom is -0.392 e. The van der Waals surface area contributed by atoms with Crippen LogP contribution in [0.5, 0.6) is 0 Å². The molecule has 0 bridgehead atoms. The Morgan fingerprint density at radius 1 is 1.00 bits per heavy atom. The molecule has 1 aliphatic carbocycles. The second kappa shape index (κ2) is 9.05. The van der Waals surface area contributed by atoms with Crippen molar-refractivity contribution in [2.75, 3.05) is 32.1 Å². The molecule has 182 valence electrons. The van der Waals surface area contributed by atoms with E-state index in [4.69, 9.17) is 9.97 Å². The van der Waals surface area contributed by atoms with Gasteiger partial charge in [-0.2, -0.15) is 5.26 Å². The van der Waals surface area contributed by atoms with Crippen LogP contribution in [0, 0.1) is 11.3 Å². The topological polar surface area (TPSA) is 80.7 Å². The molecule has 0 spiro atoms. The minimum absolute atomic E-state index is 0.315. The van der Waals surface area contributed by atoms with E-state index in [1.165, 1.54) is 11.1 Å². The highest BCUT2D eigenvalue weighted by molar-refractivity contribution is 5.91. The number of benzene rings is 2. The summed E-state index contributed by atoms with van der Waals surface area (Å²) in [5, 5.41) is 19.5. The SMILES string of the molecule is CN(C)C1CCN(c2nc(-c3ccc(C#N)cc3)c(-c3ccc4c(c3)C[C@H](O)C4)c3nccn23)CC1. The van der Waals surface area contributed by atoms with Crippen LogP contribution in [0.4, 0.5) is 5.95 Å². The number of hydrogen-bond acceptors (Lipinski definition) is 6. The molecule has 6 rings (SSSR count). The number of aromatic nitrogens is 3. The second-order valence-electron chi connectivity index (χ2n) is 10.2. The van der Waals surface area contributed by atoms with Gasteiger partial charge in [-0.15, -0.1) is 0 Å². The van der Waals surface area contributed by atoms with E-state index in [2.05, 4.69) is 52.6 Å². The lowest BCUT2D eigenvalue weighted by Gasteiger charge is -2.36. The zero-order valence-electron chi connectivity index (χ0n) is 20.7. The second-order valence-corrected chi connectivity index (χ2v) is 10.2. The molecule has 0 saturated carbocycles. The van der Waals surface area contributed by atoms with Gasteiger partial charge in [-0.05, 0) is 68.6 Å². The van der Waals surface area contributed by atoms with Crippen LogP contribution in [0.2, 0.25) is 0 Å². The molecule has 2 aromatic heterocycles. The highest BCUT2D eigenvalue weighted by atomic mass is 16.3. The van der Waals surface area contributed by atoms with Gasteiger partial charge in [0.05, 0.1) is 29.0 Å². The summed E-state index contributed by atoms with van der Waals surface area (Å²) in [6.45, 7) is 1.87. The van der Waals surface area contributed by atoms with E-state index in [0.29, 0.717) is 24.4 Å². The molecule has 0 radical (unpaired) electrons. The van der Waals surface area contributed by atoms with Gasteiger partial charge in [-0.3, -0.25) is 4.40 Å². The van der Waals surface area contributed by atoms with E-state index in [1.807, 2.05) is 36.7 Å². The third-order valence-electron chi connectivity index (χ3n) is 7.70. The maximum atomic E-state index is 10.2. The normalized spacial score (nSPS) is 18.1. The van der Waals surface area contributed by atoms with Gasteiger partial charge in [0.25, 0.3) is 0 Å². The molecule has 1 saturated heterocycles. The van der Waals surface area contributed by atoms with Gasteiger partial charge >= 0.3 is 0 Å². The van der Waals surface area contributed by atoms with Gasteiger partial charge in [0.1, 0.15) is 5.65 Å². The van der Waals surface area contributed by atoms with Crippen molar-refractivity contribution in [3.8, 4) is 28.5 Å². The van der Waals surface area contributed by atoms with Crippen molar-refractivity contribution in [3.05, 3.63) is 71.5 Å². The van der Waals surface area contributed by atoms with E-state index in [9.17, 15) is 10.4 Å². The van der Waals surface area contributed by atoms with Crippen LogP contribution in [0.1, 0.15) is 29.5 Å². The van der Waals surface area contributed by atoms with E-state index in [1.54, 1.807) is 0 Å². The summed E-state index contributed by atoms with van der Waals surface area (Å²) in [6, 6.07) is 16.9. The van der Waals surface area contributed by atoms with Crippen molar-refractivity contribution in [2.45, 2.75) is 37.8 Å². The third kappa shape index (κ3) is 3.93. The number of hydrogen-bond donors (Lipinski definition) is 1. The Kier molecular flexibility index (Phi) is 5.71. The predicted molar refractivity (Wildman–Crippen MR) is 141 cm³/mol. The van der Waals surface area contributed by atoms with E-state index in [0.717, 1.165) is 59.9 Å². The Hall–Kier alpha value is -3.73. The molecule has 4 aromatic rings. The average Bonchev–Trinajstić information content (AvgIpc) is 3.53. The molecule has 1 atom stereocenters. The van der Waals surface area contributed by atoms with Crippen molar-refractivity contribution >= 4 is 11.6 Å². The van der Waals surface area contributed by atoms with Crippen molar-refractivity contribution in [1.82, 2.24) is 19.3 Å². The fourth-order valence-electron chi connectivity index (χ4n) is 5.70. The Morgan fingerprint density at radius 2 is 1.72 bits per heavy atom. The molecule has 7 nitrogen and oxygen atoms in total. The summed E-state index contributed by atoms with van der Waals surface area (Å²) in [5.41, 5.74) is 7.72. The molecule has 36 heavy (non-hydrogen) atoms. The fourth-order valence-corrected chi connectivity index (χ4v) is 5.70. The summed E-state index contributed by atoms with van der Waals surface area (Å²) in [7, 11) is 4.31. The summed E-state index contributed by atoms with van der Waals surface area (Å²) in [4.78, 5) is 14.8. The van der Waals surface area contributed by atoms with Gasteiger partial charge in [0, 0.05) is 37.1 Å². The summed E-state index contributed by atoms with van der Waals surface area (Å²) in [6.07, 6.45) is 7.08. The molecule has 2 aliphatic rings. The lowest BCUT2D eigenvalue weighted by molar-refractivity contribution is 0.187. The van der Waals surface area contributed by atoms with Crippen molar-refractivity contribution < 1.29 is 5.11 Å². The number of anilines is 1. The Bertz CT molecular complexity index is 1460. The largest absolute Gasteiger partial charge is 0.392 e. The maximum absolute atomic E-state index is 10.2. The molecule has 2 aromatic carbocycles. The standard InChI is InChI=1S/C29H30N6O/c1-33(2)24-9-12-34(13-10-24)29-32-27(20-5-3-19(18-30)4-6-20)26(28-31-11-14-35(28)29)22-8-7-21-16-25(36)17-23(21)15-22/h3-8,11,14-15,24-25,36H,9-10,12-13,16-17H2,1-2H3/t25-/m1/s1. The molecule has 0 amide bonds. The first-order valence-electron chi connectivity index (χ1n) is 12.6. The van der Waals surface area contributed by atoms with Gasteiger partial charge in [-0.25, -0.2) is 9.97 Å². The Balaban J connectivity index is 1.52. The molecular weight excluding hydrogens is 448 g/mol. The third-order valence-corrected chi connectivity index (χ3v) is 7.70. The number of imidazole rings is 1. The van der Waals surface area contributed by atoms with Crippen molar-refractivity contribution in [2.24, 2.45) is 0 Å². The smallest absolute Gasteiger partial charge is 0.211 e. The number of nitrogens with zero attached hydrogens (tertiary/aromatic N) is 6. The minimum atomic E-state index is -0.315. The summed E-state index contributed by atoms with van der Waals surface area (Å²) >= 11 is 0. The maximum Gasteiger partial charge on any atom is 0.211 e. The molecule has 0 unspecified atom stereocenters. The van der Waals surface area contributed by atoms with Crippen molar-refractivity contribution in [3.63, 3.8) is 0 Å². The van der Waals surface area contributed by atoms with Gasteiger partial charge in [0.15, 0.2) is 0 Å². The van der Waals surface area contributed by atoms with Gasteiger partial charge < -0.3 is 14.9 Å². The van der Waals surface area contributed by atoms with Crippen molar-refractivity contribution in [1.29, 1.82) is 5.26 Å². The van der Waals surface area contributed by atoms with Crippen LogP contribution < -0.4 is 4.90 Å². The zero-order chi connectivity index (χ0) is 24.8. The van der Waals surface area contributed by atoms with E-state index in [-0.39, 0.29) is 6.10 Å². The summed E-state index contributed by atoms with van der Waals surface area (Å²) < 4.78 is 2.11. The summed E-state index contributed by atoms with van der Waals surface area (Å²) in [5.74, 6) is 0.902. The number of fused-ring (bicyclic) bond motifs is 2. The highest BCUT2D eigenvalue weighted by Gasteiger charge is 2.27. The molecule has 1 fully saturated rings. The first kappa shape index (κ1) is 22.7. The lowest BCUT2D eigenvalue weighted by atomic mass is 9.96. The molecule has 7 heteroatoms. The van der Waals surface area contributed by atoms with Crippen LogP contribution in [-0.4, -0.2) is 63.7 Å². The Morgan fingerprint density at radius 3 is 2.44 bits per heavy atom. The molecule has 1 N–H and O–H groups in total. The molecule has 3 heterocycles. The zero-order valence-corrected chi connectivity index (χ0v) is 20.7. The number of rotatable bonds is 4. The predicted octanol–water partition coefficient (Wildman–Crippen LogP) is 3.92. The average molecular weight is 479 g/mol.